The van der Waals surface area contributed by atoms with Gasteiger partial charge in [0.05, 0.1) is 13.2 Å². The number of urea groups is 1. The predicted octanol–water partition coefficient (Wildman–Crippen LogP) is 1.03. The molecule has 1 aromatic rings. The monoisotopic (exact) mass is 292 g/mol. The molecule has 0 aliphatic carbocycles. The lowest BCUT2D eigenvalue weighted by molar-refractivity contribution is -0.147. The van der Waals surface area contributed by atoms with Gasteiger partial charge in [0.25, 0.3) is 0 Å². The highest BCUT2D eigenvalue weighted by molar-refractivity contribution is 5.83. The number of rotatable bonds is 4. The Morgan fingerprint density at radius 1 is 1.48 bits per heavy atom. The van der Waals surface area contributed by atoms with Gasteiger partial charge in [-0.1, -0.05) is 29.8 Å². The van der Waals surface area contributed by atoms with Gasteiger partial charge in [-0.3, -0.25) is 0 Å². The number of benzene rings is 1. The molecule has 1 atom stereocenters. The summed E-state index contributed by atoms with van der Waals surface area (Å²) in [5, 5.41) is 11.9. The van der Waals surface area contributed by atoms with Crippen molar-refractivity contribution in [3.8, 4) is 0 Å². The van der Waals surface area contributed by atoms with Crippen molar-refractivity contribution in [3.63, 3.8) is 0 Å². The molecule has 0 aromatic heterocycles. The van der Waals surface area contributed by atoms with Gasteiger partial charge < -0.3 is 20.1 Å². The number of hydrogen-bond acceptors (Lipinski definition) is 3. The fourth-order valence-electron chi connectivity index (χ4n) is 2.33. The first-order valence-corrected chi connectivity index (χ1v) is 6.98. The number of carbonyl (C=O) groups is 2. The molecule has 1 aliphatic rings. The fraction of sp³-hybridized carbons (Fsp3) is 0.467. The summed E-state index contributed by atoms with van der Waals surface area (Å²) in [6.07, 6.45) is 0.718. The Morgan fingerprint density at radius 3 is 3.00 bits per heavy atom. The van der Waals surface area contributed by atoms with Crippen LogP contribution in [0.15, 0.2) is 24.3 Å². The maximum Gasteiger partial charge on any atom is 0.328 e. The minimum Gasteiger partial charge on any atom is -0.480 e. The van der Waals surface area contributed by atoms with Gasteiger partial charge in [-0.05, 0) is 18.9 Å². The molecular weight excluding hydrogens is 272 g/mol. The molecule has 1 fully saturated rings. The second-order valence-corrected chi connectivity index (χ2v) is 5.09. The fourth-order valence-corrected chi connectivity index (χ4v) is 2.33. The van der Waals surface area contributed by atoms with Gasteiger partial charge in [-0.15, -0.1) is 0 Å². The first kappa shape index (κ1) is 15.3. The first-order valence-electron chi connectivity index (χ1n) is 6.98. The van der Waals surface area contributed by atoms with Crippen molar-refractivity contribution in [2.45, 2.75) is 19.4 Å². The minimum atomic E-state index is -1.04. The van der Waals surface area contributed by atoms with E-state index >= 15 is 0 Å². The lowest BCUT2D eigenvalue weighted by Crippen LogP contribution is -2.55. The molecule has 21 heavy (non-hydrogen) atoms. The van der Waals surface area contributed by atoms with Crippen LogP contribution in [-0.4, -0.2) is 54.4 Å². The van der Waals surface area contributed by atoms with Gasteiger partial charge >= 0.3 is 12.0 Å². The Morgan fingerprint density at radius 2 is 2.29 bits per heavy atom. The molecule has 0 radical (unpaired) electrons. The summed E-state index contributed by atoms with van der Waals surface area (Å²) in [5.41, 5.74) is 2.32. The second-order valence-electron chi connectivity index (χ2n) is 5.09. The number of hydrogen-bond donors (Lipinski definition) is 2. The first-order chi connectivity index (χ1) is 10.1. The molecule has 1 aliphatic heterocycles. The van der Waals surface area contributed by atoms with Crippen molar-refractivity contribution in [2.75, 3.05) is 26.3 Å². The van der Waals surface area contributed by atoms with E-state index in [0.29, 0.717) is 19.7 Å². The van der Waals surface area contributed by atoms with Crippen LogP contribution in [0.2, 0.25) is 0 Å². The van der Waals surface area contributed by atoms with Crippen LogP contribution in [0.3, 0.4) is 0 Å². The standard InChI is InChI=1S/C15H20N2O4/c1-11-3-2-4-12(9-11)5-6-16-15(20)17-7-8-21-10-13(17)14(18)19/h2-4,9,13H,5-8,10H2,1H3,(H,16,20)(H,18,19). The molecule has 6 heteroatoms. The van der Waals surface area contributed by atoms with Gasteiger partial charge in [0.2, 0.25) is 0 Å². The molecule has 0 saturated carbocycles. The summed E-state index contributed by atoms with van der Waals surface area (Å²) in [6.45, 7) is 3.21. The number of carbonyl (C=O) groups excluding carboxylic acids is 1. The number of amides is 2. The zero-order valence-corrected chi connectivity index (χ0v) is 12.0. The number of nitrogens with one attached hydrogen (secondary N) is 1. The van der Waals surface area contributed by atoms with Crippen LogP contribution in [0.5, 0.6) is 0 Å². The Bertz CT molecular complexity index is 518. The Labute approximate surface area is 123 Å². The van der Waals surface area contributed by atoms with Crippen LogP contribution >= 0.6 is 0 Å². The van der Waals surface area contributed by atoms with Crippen molar-refractivity contribution >= 4 is 12.0 Å². The average Bonchev–Trinajstić information content (AvgIpc) is 2.47. The molecule has 114 valence electrons. The zero-order valence-electron chi connectivity index (χ0n) is 12.0. The third-order valence-electron chi connectivity index (χ3n) is 3.45. The molecule has 2 N–H and O–H groups in total. The molecule has 1 unspecified atom stereocenters. The number of carboxylic acid groups (broad SMARTS) is 1. The van der Waals surface area contributed by atoms with Crippen molar-refractivity contribution in [3.05, 3.63) is 35.4 Å². The van der Waals surface area contributed by atoms with Gasteiger partial charge in [-0.2, -0.15) is 0 Å². The molecule has 2 rings (SSSR count). The topological polar surface area (TPSA) is 78.9 Å². The number of aliphatic carboxylic acids is 1. The van der Waals surface area contributed by atoms with E-state index in [-0.39, 0.29) is 12.6 Å². The molecular formula is C15H20N2O4. The highest BCUT2D eigenvalue weighted by Gasteiger charge is 2.32. The number of ether oxygens (including phenoxy) is 1. The van der Waals surface area contributed by atoms with E-state index in [0.717, 1.165) is 12.0 Å². The van der Waals surface area contributed by atoms with Crippen LogP contribution in [0.1, 0.15) is 11.1 Å². The molecule has 2 amide bonds. The highest BCUT2D eigenvalue weighted by Crippen LogP contribution is 2.08. The smallest absolute Gasteiger partial charge is 0.328 e. The second kappa shape index (κ2) is 7.08. The maximum atomic E-state index is 12.1. The van der Waals surface area contributed by atoms with Gasteiger partial charge in [-0.25, -0.2) is 9.59 Å². The minimum absolute atomic E-state index is 0.0423. The molecule has 0 bridgehead atoms. The highest BCUT2D eigenvalue weighted by atomic mass is 16.5. The van der Waals surface area contributed by atoms with Crippen LogP contribution in [0, 0.1) is 6.92 Å². The summed E-state index contributed by atoms with van der Waals surface area (Å²) in [7, 11) is 0. The Hall–Kier alpha value is -2.08. The summed E-state index contributed by atoms with van der Waals surface area (Å²) >= 11 is 0. The number of morpholine rings is 1. The van der Waals surface area contributed by atoms with E-state index in [2.05, 4.69) is 11.4 Å². The molecule has 6 nitrogen and oxygen atoms in total. The van der Waals surface area contributed by atoms with E-state index in [1.807, 2.05) is 25.1 Å². The van der Waals surface area contributed by atoms with Crippen molar-refractivity contribution in [1.29, 1.82) is 0 Å². The molecule has 0 spiro atoms. The van der Waals surface area contributed by atoms with Crippen LogP contribution < -0.4 is 5.32 Å². The average molecular weight is 292 g/mol. The molecule has 1 heterocycles. The quantitative estimate of drug-likeness (QED) is 0.869. The van der Waals surface area contributed by atoms with Gasteiger partial charge in [0.1, 0.15) is 0 Å². The van der Waals surface area contributed by atoms with Crippen LogP contribution in [-0.2, 0) is 16.0 Å². The van der Waals surface area contributed by atoms with Gasteiger partial charge in [0.15, 0.2) is 6.04 Å². The van der Waals surface area contributed by atoms with E-state index in [9.17, 15) is 9.59 Å². The summed E-state index contributed by atoms with van der Waals surface area (Å²) < 4.78 is 5.11. The number of nitrogens with zero attached hydrogens (tertiary/aromatic N) is 1. The van der Waals surface area contributed by atoms with E-state index < -0.39 is 12.0 Å². The largest absolute Gasteiger partial charge is 0.480 e. The summed E-state index contributed by atoms with van der Waals surface area (Å²) in [5.74, 6) is -1.04. The molecule has 1 aromatic carbocycles. The third kappa shape index (κ3) is 4.19. The summed E-state index contributed by atoms with van der Waals surface area (Å²) in [6, 6.07) is 6.83. The summed E-state index contributed by atoms with van der Waals surface area (Å²) in [4.78, 5) is 24.5. The Balaban J connectivity index is 1.84. The normalized spacial score (nSPS) is 18.3. The zero-order chi connectivity index (χ0) is 15.2. The van der Waals surface area contributed by atoms with Crippen LogP contribution in [0.4, 0.5) is 4.79 Å². The van der Waals surface area contributed by atoms with Crippen molar-refractivity contribution < 1.29 is 19.4 Å². The SMILES string of the molecule is Cc1cccc(CCNC(=O)N2CCOCC2C(=O)O)c1. The molecule has 1 saturated heterocycles. The lowest BCUT2D eigenvalue weighted by Gasteiger charge is -2.32. The predicted molar refractivity (Wildman–Crippen MR) is 77.2 cm³/mol. The van der Waals surface area contributed by atoms with E-state index in [1.54, 1.807) is 0 Å². The van der Waals surface area contributed by atoms with E-state index in [4.69, 9.17) is 9.84 Å². The lowest BCUT2D eigenvalue weighted by atomic mass is 10.1. The van der Waals surface area contributed by atoms with Crippen LogP contribution in [0.25, 0.3) is 0 Å². The van der Waals surface area contributed by atoms with Crippen molar-refractivity contribution in [2.24, 2.45) is 0 Å². The number of carboxylic acids is 1. The Kier molecular flexibility index (Phi) is 5.16. The third-order valence-corrected chi connectivity index (χ3v) is 3.45. The number of aryl methyl sites for hydroxylation is 1. The maximum absolute atomic E-state index is 12.1. The van der Waals surface area contributed by atoms with Gasteiger partial charge in [0, 0.05) is 13.1 Å². The van der Waals surface area contributed by atoms with E-state index in [1.165, 1.54) is 10.5 Å². The van der Waals surface area contributed by atoms with Crippen molar-refractivity contribution in [1.82, 2.24) is 10.2 Å².